The topological polar surface area (TPSA) is 3.24 Å². The number of anilines is 3. The van der Waals surface area contributed by atoms with Gasteiger partial charge in [0.15, 0.2) is 0 Å². The lowest BCUT2D eigenvalue weighted by atomic mass is 9.86. The molecular weight excluding hydrogens is 699 g/mol. The van der Waals surface area contributed by atoms with E-state index < -0.39 is 0 Å². The molecule has 0 unspecified atom stereocenters. The Morgan fingerprint density at radius 3 is 1.33 bits per heavy atom. The first-order valence-electron chi connectivity index (χ1n) is 20.0. The van der Waals surface area contributed by atoms with Gasteiger partial charge in [-0.2, -0.15) is 0 Å². The number of hydrogen-bond acceptors (Lipinski definition) is 1. The van der Waals surface area contributed by atoms with E-state index in [1.807, 2.05) is 0 Å². The summed E-state index contributed by atoms with van der Waals surface area (Å²) in [5.41, 5.74) is 14.4. The van der Waals surface area contributed by atoms with Gasteiger partial charge < -0.3 is 4.90 Å². The third-order valence-corrected chi connectivity index (χ3v) is 11.3. The summed E-state index contributed by atoms with van der Waals surface area (Å²) in [6.07, 6.45) is 4.40. The zero-order valence-corrected chi connectivity index (χ0v) is 32.4. The zero-order chi connectivity index (χ0) is 38.8. The van der Waals surface area contributed by atoms with Crippen LogP contribution in [0.1, 0.15) is 16.7 Å². The fraction of sp³-hybridized carbons (Fsp3) is 0.0175. The second-order valence-corrected chi connectivity index (χ2v) is 15.0. The molecule has 0 amide bonds. The summed E-state index contributed by atoms with van der Waals surface area (Å²) in [7, 11) is 0. The van der Waals surface area contributed by atoms with Crippen LogP contribution in [0.3, 0.4) is 0 Å². The van der Waals surface area contributed by atoms with E-state index in [1.54, 1.807) is 0 Å². The average Bonchev–Trinajstić information content (AvgIpc) is 3.28. The van der Waals surface area contributed by atoms with Gasteiger partial charge in [0.1, 0.15) is 0 Å². The van der Waals surface area contributed by atoms with Crippen LogP contribution in [-0.2, 0) is 0 Å². The Bertz CT molecular complexity index is 3030. The maximum atomic E-state index is 2.33. The summed E-state index contributed by atoms with van der Waals surface area (Å²) in [4.78, 5) is 2.33. The van der Waals surface area contributed by atoms with Crippen molar-refractivity contribution in [1.29, 1.82) is 0 Å². The number of hydrogen-bond donors (Lipinski definition) is 0. The van der Waals surface area contributed by atoms with E-state index in [9.17, 15) is 0 Å². The lowest BCUT2D eigenvalue weighted by Gasteiger charge is -2.26. The second kappa shape index (κ2) is 15.2. The van der Waals surface area contributed by atoms with Gasteiger partial charge in [-0.25, -0.2) is 0 Å². The first kappa shape index (κ1) is 35.0. The van der Waals surface area contributed by atoms with Gasteiger partial charge in [0.05, 0.1) is 0 Å². The molecule has 0 aromatic heterocycles. The van der Waals surface area contributed by atoms with Crippen molar-refractivity contribution in [1.82, 2.24) is 0 Å². The highest BCUT2D eigenvalue weighted by molar-refractivity contribution is 6.21. The third-order valence-electron chi connectivity index (χ3n) is 11.3. The molecule has 1 heteroatoms. The fourth-order valence-corrected chi connectivity index (χ4v) is 8.43. The van der Waals surface area contributed by atoms with Crippen molar-refractivity contribution in [2.24, 2.45) is 0 Å². The van der Waals surface area contributed by atoms with Crippen molar-refractivity contribution in [3.05, 3.63) is 235 Å². The lowest BCUT2D eigenvalue weighted by Crippen LogP contribution is -2.09. The molecule has 0 N–H and O–H groups in total. The van der Waals surface area contributed by atoms with E-state index in [4.69, 9.17) is 0 Å². The summed E-state index contributed by atoms with van der Waals surface area (Å²) < 4.78 is 0. The van der Waals surface area contributed by atoms with E-state index in [0.717, 1.165) is 17.1 Å². The van der Waals surface area contributed by atoms with Crippen LogP contribution < -0.4 is 4.90 Å². The Labute approximate surface area is 340 Å². The van der Waals surface area contributed by atoms with E-state index in [-0.39, 0.29) is 0 Å². The first-order valence-corrected chi connectivity index (χ1v) is 20.0. The van der Waals surface area contributed by atoms with Crippen molar-refractivity contribution >= 4 is 61.5 Å². The van der Waals surface area contributed by atoms with Gasteiger partial charge in [-0.3, -0.25) is 0 Å². The van der Waals surface area contributed by atoms with E-state index >= 15 is 0 Å². The smallest absolute Gasteiger partial charge is 0.0464 e. The fourth-order valence-electron chi connectivity index (χ4n) is 8.43. The summed E-state index contributed by atoms with van der Waals surface area (Å²) in [5.74, 6) is 0. The molecule has 0 bridgehead atoms. The van der Waals surface area contributed by atoms with Crippen LogP contribution >= 0.6 is 0 Å². The molecule has 58 heavy (non-hydrogen) atoms. The van der Waals surface area contributed by atoms with Crippen molar-refractivity contribution in [2.45, 2.75) is 6.92 Å². The maximum absolute atomic E-state index is 2.33. The highest BCUT2D eigenvalue weighted by atomic mass is 15.1. The number of para-hydroxylation sites is 1. The molecule has 0 saturated heterocycles. The van der Waals surface area contributed by atoms with Gasteiger partial charge in [0.2, 0.25) is 0 Å². The Hall–Kier alpha value is -7.48. The van der Waals surface area contributed by atoms with Gasteiger partial charge in [-0.15, -0.1) is 0 Å². The Kier molecular flexibility index (Phi) is 9.18. The van der Waals surface area contributed by atoms with Crippen LogP contribution in [0.2, 0.25) is 0 Å². The largest absolute Gasteiger partial charge is 0.310 e. The molecule has 10 rings (SSSR count). The molecule has 0 aliphatic rings. The summed E-state index contributed by atoms with van der Waals surface area (Å²) >= 11 is 0. The molecule has 0 aliphatic heterocycles. The number of rotatable bonds is 8. The SMILES string of the molecule is Cc1cccc(N(c2ccccc2)c2ccc(-c3c4ccccc4c(-c4ccc(C=Cc5ccc(-c6ccc7ccccc7c6)cc5)cc4)c4ccccc34)cc2)c1. The van der Waals surface area contributed by atoms with Crippen LogP contribution in [0.4, 0.5) is 17.1 Å². The maximum Gasteiger partial charge on any atom is 0.0464 e. The molecule has 1 nitrogen and oxygen atoms in total. The van der Waals surface area contributed by atoms with Crippen LogP contribution in [0.5, 0.6) is 0 Å². The van der Waals surface area contributed by atoms with E-state index in [1.165, 1.54) is 82.4 Å². The highest BCUT2D eigenvalue weighted by Gasteiger charge is 2.18. The second-order valence-electron chi connectivity index (χ2n) is 15.0. The van der Waals surface area contributed by atoms with Crippen LogP contribution in [0.25, 0.3) is 77.9 Å². The highest BCUT2D eigenvalue weighted by Crippen LogP contribution is 2.44. The molecule has 0 radical (unpaired) electrons. The predicted molar refractivity (Wildman–Crippen MR) is 250 cm³/mol. The summed E-state index contributed by atoms with van der Waals surface area (Å²) in [6.45, 7) is 2.15. The molecule has 0 heterocycles. The molecular formula is C57H41N. The molecule has 0 atom stereocenters. The van der Waals surface area contributed by atoms with Crippen molar-refractivity contribution in [3.63, 3.8) is 0 Å². The monoisotopic (exact) mass is 739 g/mol. The Balaban J connectivity index is 0.971. The number of fused-ring (bicyclic) bond motifs is 3. The van der Waals surface area contributed by atoms with Crippen LogP contribution in [-0.4, -0.2) is 0 Å². The van der Waals surface area contributed by atoms with Crippen molar-refractivity contribution in [2.75, 3.05) is 4.90 Å². The van der Waals surface area contributed by atoms with Gasteiger partial charge in [-0.05, 0) is 132 Å². The first-order chi connectivity index (χ1) is 28.7. The molecule has 0 fully saturated rings. The number of benzene rings is 10. The number of aryl methyl sites for hydroxylation is 1. The van der Waals surface area contributed by atoms with Gasteiger partial charge >= 0.3 is 0 Å². The van der Waals surface area contributed by atoms with Gasteiger partial charge in [-0.1, -0.05) is 188 Å². The van der Waals surface area contributed by atoms with Crippen molar-refractivity contribution < 1.29 is 0 Å². The van der Waals surface area contributed by atoms with E-state index in [2.05, 4.69) is 242 Å². The van der Waals surface area contributed by atoms with Crippen LogP contribution in [0, 0.1) is 6.92 Å². The minimum Gasteiger partial charge on any atom is -0.310 e. The number of nitrogens with zero attached hydrogens (tertiary/aromatic N) is 1. The summed E-state index contributed by atoms with van der Waals surface area (Å²) in [6, 6.07) is 79.2. The minimum atomic E-state index is 1.12. The standard InChI is InChI=1S/C57H41N/c1-40-12-11-17-51(38-40)58(49-15-3-2-4-16-49)50-36-34-46(35-37-50)57-54-20-9-7-18-52(54)56(53-19-8-10-21-55(53)57)45-30-26-42(27-31-45)23-22-41-24-28-44(29-25-41)48-33-32-43-13-5-6-14-47(43)39-48/h2-39H,1H3. The molecule has 10 aromatic carbocycles. The van der Waals surface area contributed by atoms with Crippen LogP contribution in [0.15, 0.2) is 218 Å². The predicted octanol–water partition coefficient (Wildman–Crippen LogP) is 16.1. The Morgan fingerprint density at radius 2 is 0.759 bits per heavy atom. The molecule has 274 valence electrons. The zero-order valence-electron chi connectivity index (χ0n) is 32.4. The normalized spacial score (nSPS) is 11.5. The van der Waals surface area contributed by atoms with E-state index in [0.29, 0.717) is 0 Å². The molecule has 0 saturated carbocycles. The van der Waals surface area contributed by atoms with Crippen molar-refractivity contribution in [3.8, 4) is 33.4 Å². The minimum absolute atomic E-state index is 1.12. The molecule has 0 aliphatic carbocycles. The lowest BCUT2D eigenvalue weighted by molar-refractivity contribution is 1.27. The third kappa shape index (κ3) is 6.74. The Morgan fingerprint density at radius 1 is 0.310 bits per heavy atom. The summed E-state index contributed by atoms with van der Waals surface area (Å²) in [5, 5.41) is 7.53. The molecule has 0 spiro atoms. The van der Waals surface area contributed by atoms with Gasteiger partial charge in [0, 0.05) is 17.1 Å². The average molecular weight is 740 g/mol. The molecule has 10 aromatic rings. The quantitative estimate of drug-likeness (QED) is 0.111. The van der Waals surface area contributed by atoms with Gasteiger partial charge in [0.25, 0.3) is 0 Å².